The predicted molar refractivity (Wildman–Crippen MR) is 70.3 cm³/mol. The van der Waals surface area contributed by atoms with Crippen LogP contribution in [0.1, 0.15) is 37.8 Å². The average Bonchev–Trinajstić information content (AvgIpc) is 2.78. The van der Waals surface area contributed by atoms with Crippen LogP contribution in [0.25, 0.3) is 0 Å². The van der Waals surface area contributed by atoms with Crippen LogP contribution in [0.4, 0.5) is 0 Å². The van der Waals surface area contributed by atoms with Crippen LogP contribution < -0.4 is 10.6 Å². The molecule has 1 aromatic carbocycles. The zero-order chi connectivity index (χ0) is 13.0. The monoisotopic (exact) mass is 248 g/mol. The molecule has 3 N–H and O–H groups in total. The van der Waals surface area contributed by atoms with Gasteiger partial charge in [-0.1, -0.05) is 19.1 Å². The number of aromatic hydroxyl groups is 1. The summed E-state index contributed by atoms with van der Waals surface area (Å²) in [5, 5.41) is 15.7. The summed E-state index contributed by atoms with van der Waals surface area (Å²) in [4.78, 5) is 11.1. The average molecular weight is 248 g/mol. The zero-order valence-corrected chi connectivity index (χ0v) is 10.6. The fraction of sp³-hybridized carbons (Fsp3) is 0.500. The number of benzene rings is 1. The Morgan fingerprint density at radius 2 is 2.17 bits per heavy atom. The smallest absolute Gasteiger partial charge is 0.220 e. The van der Waals surface area contributed by atoms with Crippen LogP contribution in [-0.4, -0.2) is 23.6 Å². The largest absolute Gasteiger partial charge is 0.508 e. The predicted octanol–water partition coefficient (Wildman–Crippen LogP) is 1.71. The van der Waals surface area contributed by atoms with Crippen LogP contribution in [0.3, 0.4) is 0 Å². The first-order valence-electron chi connectivity index (χ1n) is 6.50. The van der Waals surface area contributed by atoms with Gasteiger partial charge >= 0.3 is 0 Å². The minimum atomic E-state index is 0.152. The highest BCUT2D eigenvalue weighted by Crippen LogP contribution is 2.19. The first-order valence-corrected chi connectivity index (χ1v) is 6.50. The molecule has 2 rings (SSSR count). The molecule has 0 spiro atoms. The molecule has 1 aromatic rings. The maximum atomic E-state index is 11.1. The lowest BCUT2D eigenvalue weighted by molar-refractivity contribution is -0.119. The summed E-state index contributed by atoms with van der Waals surface area (Å²) in [6, 6.07) is 7.80. The second-order valence-corrected chi connectivity index (χ2v) is 4.76. The van der Waals surface area contributed by atoms with E-state index in [0.717, 1.165) is 19.4 Å². The number of nitrogens with one attached hydrogen (secondary N) is 2. The van der Waals surface area contributed by atoms with Gasteiger partial charge in [0.05, 0.1) is 0 Å². The van der Waals surface area contributed by atoms with Crippen LogP contribution in [0.15, 0.2) is 24.3 Å². The number of hydrogen-bond acceptors (Lipinski definition) is 3. The van der Waals surface area contributed by atoms with Crippen LogP contribution in [-0.2, 0) is 4.79 Å². The molecular formula is C14H20N2O2. The molecular weight excluding hydrogens is 228 g/mol. The van der Waals surface area contributed by atoms with Crippen LogP contribution >= 0.6 is 0 Å². The minimum Gasteiger partial charge on any atom is -0.508 e. The number of carbonyl (C=O) groups excluding carboxylic acids is 1. The number of carbonyl (C=O) groups is 1. The topological polar surface area (TPSA) is 61.4 Å². The van der Waals surface area contributed by atoms with E-state index in [0.29, 0.717) is 6.42 Å². The molecule has 0 aromatic heterocycles. The molecule has 1 fully saturated rings. The second kappa shape index (κ2) is 5.87. The van der Waals surface area contributed by atoms with Crippen LogP contribution in [0.2, 0.25) is 0 Å². The minimum absolute atomic E-state index is 0.152. The molecule has 0 radical (unpaired) electrons. The van der Waals surface area contributed by atoms with E-state index in [2.05, 4.69) is 17.6 Å². The Morgan fingerprint density at radius 3 is 2.72 bits per heavy atom. The van der Waals surface area contributed by atoms with E-state index in [-0.39, 0.29) is 23.7 Å². The lowest BCUT2D eigenvalue weighted by atomic mass is 10.0. The molecule has 1 aliphatic rings. The van der Waals surface area contributed by atoms with Crippen molar-refractivity contribution < 1.29 is 9.90 Å². The molecule has 2 unspecified atom stereocenters. The van der Waals surface area contributed by atoms with Gasteiger partial charge in [-0.15, -0.1) is 0 Å². The molecule has 98 valence electrons. The van der Waals surface area contributed by atoms with Gasteiger partial charge in [0.1, 0.15) is 5.75 Å². The molecule has 1 heterocycles. The van der Waals surface area contributed by atoms with E-state index >= 15 is 0 Å². The van der Waals surface area contributed by atoms with Gasteiger partial charge in [-0.25, -0.2) is 0 Å². The molecule has 2 atom stereocenters. The number of amides is 1. The third-order valence-corrected chi connectivity index (χ3v) is 3.40. The van der Waals surface area contributed by atoms with Gasteiger partial charge in [0.25, 0.3) is 0 Å². The van der Waals surface area contributed by atoms with Crippen molar-refractivity contribution in [2.45, 2.75) is 38.3 Å². The van der Waals surface area contributed by atoms with Gasteiger partial charge in [-0.3, -0.25) is 4.79 Å². The van der Waals surface area contributed by atoms with Crippen molar-refractivity contribution in [2.75, 3.05) is 6.54 Å². The summed E-state index contributed by atoms with van der Waals surface area (Å²) in [6.45, 7) is 2.92. The molecule has 1 aliphatic heterocycles. The summed E-state index contributed by atoms with van der Waals surface area (Å²) in [5.41, 5.74) is 1.17. The molecule has 18 heavy (non-hydrogen) atoms. The van der Waals surface area contributed by atoms with Gasteiger partial charge in [-0.2, -0.15) is 0 Å². The molecule has 1 amide bonds. The summed E-state index contributed by atoms with van der Waals surface area (Å²) in [5.74, 6) is 0.441. The summed E-state index contributed by atoms with van der Waals surface area (Å²) >= 11 is 0. The highest BCUT2D eigenvalue weighted by molar-refractivity contribution is 5.78. The maximum Gasteiger partial charge on any atom is 0.220 e. The third-order valence-electron chi connectivity index (χ3n) is 3.40. The summed E-state index contributed by atoms with van der Waals surface area (Å²) in [7, 11) is 0. The highest BCUT2D eigenvalue weighted by atomic mass is 16.3. The quantitative estimate of drug-likeness (QED) is 0.743. The van der Waals surface area contributed by atoms with Gasteiger partial charge in [-0.05, 0) is 30.5 Å². The van der Waals surface area contributed by atoms with E-state index in [1.165, 1.54) is 5.56 Å². The van der Waals surface area contributed by atoms with Gasteiger partial charge in [0, 0.05) is 25.0 Å². The Morgan fingerprint density at radius 1 is 1.44 bits per heavy atom. The van der Waals surface area contributed by atoms with Crippen LogP contribution in [0.5, 0.6) is 5.75 Å². The molecule has 0 aliphatic carbocycles. The molecule has 4 heteroatoms. The highest BCUT2D eigenvalue weighted by Gasteiger charge is 2.21. The summed E-state index contributed by atoms with van der Waals surface area (Å²) < 4.78 is 0. The lowest BCUT2D eigenvalue weighted by Gasteiger charge is -2.20. The van der Waals surface area contributed by atoms with E-state index in [1.54, 1.807) is 12.1 Å². The first kappa shape index (κ1) is 12.9. The van der Waals surface area contributed by atoms with Crippen molar-refractivity contribution in [1.82, 2.24) is 10.6 Å². The van der Waals surface area contributed by atoms with Crippen molar-refractivity contribution in [3.63, 3.8) is 0 Å². The van der Waals surface area contributed by atoms with E-state index < -0.39 is 0 Å². The van der Waals surface area contributed by atoms with Crippen molar-refractivity contribution in [1.29, 1.82) is 0 Å². The van der Waals surface area contributed by atoms with Crippen LogP contribution in [0, 0.1) is 0 Å². The fourth-order valence-electron chi connectivity index (χ4n) is 2.32. The van der Waals surface area contributed by atoms with Gasteiger partial charge in [0.15, 0.2) is 0 Å². The Hall–Kier alpha value is -1.55. The van der Waals surface area contributed by atoms with Crippen molar-refractivity contribution in [3.8, 4) is 5.75 Å². The zero-order valence-electron chi connectivity index (χ0n) is 10.6. The SMILES string of the molecule is CCC(NCC1CCC(=O)N1)c1ccc(O)cc1. The lowest BCUT2D eigenvalue weighted by Crippen LogP contribution is -2.37. The van der Waals surface area contributed by atoms with E-state index in [9.17, 15) is 9.90 Å². The number of rotatable bonds is 5. The second-order valence-electron chi connectivity index (χ2n) is 4.76. The number of phenols is 1. The normalized spacial score (nSPS) is 20.7. The third kappa shape index (κ3) is 3.23. The Balaban J connectivity index is 1.89. The van der Waals surface area contributed by atoms with Crippen molar-refractivity contribution >= 4 is 5.91 Å². The Kier molecular flexibility index (Phi) is 4.20. The molecule has 1 saturated heterocycles. The van der Waals surface area contributed by atoms with Crippen molar-refractivity contribution in [2.24, 2.45) is 0 Å². The molecule has 0 saturated carbocycles. The van der Waals surface area contributed by atoms with E-state index in [4.69, 9.17) is 0 Å². The number of hydrogen-bond donors (Lipinski definition) is 3. The molecule has 0 bridgehead atoms. The fourth-order valence-corrected chi connectivity index (χ4v) is 2.32. The Bertz CT molecular complexity index is 403. The van der Waals surface area contributed by atoms with Crippen molar-refractivity contribution in [3.05, 3.63) is 29.8 Å². The first-order chi connectivity index (χ1) is 8.69. The van der Waals surface area contributed by atoms with Gasteiger partial charge < -0.3 is 15.7 Å². The molecule has 4 nitrogen and oxygen atoms in total. The summed E-state index contributed by atoms with van der Waals surface area (Å²) in [6.07, 6.45) is 2.53. The number of phenolic OH excluding ortho intramolecular Hbond substituents is 1. The van der Waals surface area contributed by atoms with E-state index in [1.807, 2.05) is 12.1 Å². The van der Waals surface area contributed by atoms with Gasteiger partial charge in [0.2, 0.25) is 5.91 Å². The Labute approximate surface area is 107 Å². The standard InChI is InChI=1S/C14H20N2O2/c1-2-13(10-3-6-12(17)7-4-10)15-9-11-5-8-14(18)16-11/h3-4,6-7,11,13,15,17H,2,5,8-9H2,1H3,(H,16,18). The maximum absolute atomic E-state index is 11.1.